The Morgan fingerprint density at radius 3 is 2.95 bits per heavy atom. The van der Waals surface area contributed by atoms with E-state index in [1.165, 1.54) is 5.56 Å². The molecule has 118 valence electrons. The first-order valence-electron chi connectivity index (χ1n) is 8.12. The number of likely N-dealkylation sites (N-methyl/N-ethyl adjacent to an activating group) is 1. The number of carbonyl (C=O) groups is 1. The van der Waals surface area contributed by atoms with Crippen molar-refractivity contribution in [3.8, 4) is 5.75 Å². The molecule has 4 nitrogen and oxygen atoms in total. The van der Waals surface area contributed by atoms with Crippen molar-refractivity contribution in [2.24, 2.45) is 0 Å². The highest BCUT2D eigenvalue weighted by atomic mass is 16.5. The first-order valence-corrected chi connectivity index (χ1v) is 8.12. The Bertz CT molecular complexity index is 643. The molecule has 4 heteroatoms. The van der Waals surface area contributed by atoms with Gasteiger partial charge < -0.3 is 14.7 Å². The number of piperidine rings is 1. The molecule has 1 heterocycles. The molecule has 0 aromatic heterocycles. The van der Waals surface area contributed by atoms with Crippen molar-refractivity contribution in [3.63, 3.8) is 0 Å². The zero-order valence-corrected chi connectivity index (χ0v) is 13.3. The molecule has 1 saturated carbocycles. The minimum Gasteiger partial charge on any atom is -0.508 e. The second kappa shape index (κ2) is 4.56. The van der Waals surface area contributed by atoms with Gasteiger partial charge in [0.25, 0.3) is 0 Å². The van der Waals surface area contributed by atoms with Crippen molar-refractivity contribution in [1.29, 1.82) is 0 Å². The molecule has 2 bridgehead atoms. The molecule has 1 N–H and O–H groups in total. The predicted octanol–water partition coefficient (Wildman–Crippen LogP) is 2.03. The summed E-state index contributed by atoms with van der Waals surface area (Å²) in [6.45, 7) is 0.941. The Balaban J connectivity index is 2.02. The molecule has 4 rings (SSSR count). The Labute approximate surface area is 131 Å². The third-order valence-electron chi connectivity index (χ3n) is 6.43. The normalized spacial score (nSPS) is 37.5. The van der Waals surface area contributed by atoms with E-state index in [2.05, 4.69) is 18.0 Å². The number of hydrogen-bond acceptors (Lipinski definition) is 4. The number of aromatic hydroxyl groups is 1. The maximum Gasteiger partial charge on any atom is 0.134 e. The fourth-order valence-corrected chi connectivity index (χ4v) is 5.50. The molecule has 0 spiro atoms. The van der Waals surface area contributed by atoms with Crippen LogP contribution < -0.4 is 0 Å². The van der Waals surface area contributed by atoms with Crippen LogP contribution >= 0.6 is 0 Å². The monoisotopic (exact) mass is 301 g/mol. The number of hydrogen-bond donors (Lipinski definition) is 1. The van der Waals surface area contributed by atoms with E-state index in [1.807, 2.05) is 6.07 Å². The number of rotatable bonds is 1. The Morgan fingerprint density at radius 1 is 1.36 bits per heavy atom. The zero-order chi connectivity index (χ0) is 15.5. The van der Waals surface area contributed by atoms with Gasteiger partial charge in [0.15, 0.2) is 0 Å². The number of phenols is 1. The number of carbonyl (C=O) groups excluding carboxylic acids is 1. The third-order valence-corrected chi connectivity index (χ3v) is 6.43. The summed E-state index contributed by atoms with van der Waals surface area (Å²) in [5.41, 5.74) is 1.43. The van der Waals surface area contributed by atoms with Crippen LogP contribution in [-0.4, -0.2) is 48.1 Å². The summed E-state index contributed by atoms with van der Waals surface area (Å²) >= 11 is 0. The molecule has 1 aromatic rings. The summed E-state index contributed by atoms with van der Waals surface area (Å²) < 4.78 is 6.17. The van der Waals surface area contributed by atoms with Crippen molar-refractivity contribution in [2.75, 3.05) is 20.7 Å². The number of ketones is 1. The van der Waals surface area contributed by atoms with E-state index >= 15 is 0 Å². The van der Waals surface area contributed by atoms with E-state index in [0.717, 1.165) is 31.4 Å². The van der Waals surface area contributed by atoms with Crippen LogP contribution in [-0.2, 0) is 21.4 Å². The quantitative estimate of drug-likeness (QED) is 0.862. The van der Waals surface area contributed by atoms with Gasteiger partial charge in [-0.3, -0.25) is 4.79 Å². The molecule has 1 aromatic carbocycles. The fourth-order valence-electron chi connectivity index (χ4n) is 5.50. The topological polar surface area (TPSA) is 49.8 Å². The highest BCUT2D eigenvalue weighted by Gasteiger charge is 2.66. The van der Waals surface area contributed by atoms with Gasteiger partial charge in [-0.25, -0.2) is 0 Å². The molecule has 1 aliphatic heterocycles. The molecule has 1 saturated heterocycles. The minimum atomic E-state index is -0.368. The molecule has 2 fully saturated rings. The molecule has 3 atom stereocenters. The largest absolute Gasteiger partial charge is 0.508 e. The number of likely N-dealkylation sites (tertiary alicyclic amines) is 1. The maximum absolute atomic E-state index is 12.3. The van der Waals surface area contributed by atoms with E-state index in [1.54, 1.807) is 13.2 Å². The zero-order valence-electron chi connectivity index (χ0n) is 13.3. The molecule has 0 radical (unpaired) electrons. The number of methoxy groups -OCH3 is 1. The number of phenolic OH excluding ortho intramolecular Hbond substituents is 1. The summed E-state index contributed by atoms with van der Waals surface area (Å²) in [5, 5.41) is 10.6. The molecule has 22 heavy (non-hydrogen) atoms. The first-order chi connectivity index (χ1) is 10.5. The van der Waals surface area contributed by atoms with Gasteiger partial charge in [0.1, 0.15) is 11.5 Å². The number of Topliss-reactive ketones (excluding diaryl/α,β-unsaturated/α-hetero) is 1. The number of nitrogens with zero attached hydrogens (tertiary/aromatic N) is 1. The SMILES string of the molecule is CO[C@@]12CCC(=O)C[C@@]13CCN(C)[C@@H]2Cc1cccc(O)c13. The van der Waals surface area contributed by atoms with Gasteiger partial charge in [0.2, 0.25) is 0 Å². The number of fused-ring (bicyclic) bond motifs is 1. The fraction of sp³-hybridized carbons (Fsp3) is 0.611. The molecular weight excluding hydrogens is 278 g/mol. The van der Waals surface area contributed by atoms with Crippen LogP contribution in [0.4, 0.5) is 0 Å². The van der Waals surface area contributed by atoms with E-state index in [9.17, 15) is 9.90 Å². The van der Waals surface area contributed by atoms with Gasteiger partial charge in [0.05, 0.1) is 5.60 Å². The third kappa shape index (κ3) is 1.52. The van der Waals surface area contributed by atoms with E-state index in [0.29, 0.717) is 24.4 Å². The highest BCUT2D eigenvalue weighted by Crippen LogP contribution is 2.60. The molecule has 0 amide bonds. The summed E-state index contributed by atoms with van der Waals surface area (Å²) in [7, 11) is 3.93. The summed E-state index contributed by atoms with van der Waals surface area (Å²) in [5.74, 6) is 0.628. The van der Waals surface area contributed by atoms with Gasteiger partial charge in [0, 0.05) is 37.0 Å². The summed E-state index contributed by atoms with van der Waals surface area (Å²) in [6.07, 6.45) is 3.58. The second-order valence-corrected chi connectivity index (χ2v) is 7.15. The van der Waals surface area contributed by atoms with Gasteiger partial charge in [-0.15, -0.1) is 0 Å². The second-order valence-electron chi connectivity index (χ2n) is 7.15. The molecule has 0 unspecified atom stereocenters. The Hall–Kier alpha value is -1.39. The maximum atomic E-state index is 12.3. The Kier molecular flexibility index (Phi) is 2.94. The van der Waals surface area contributed by atoms with Crippen LogP contribution in [0.3, 0.4) is 0 Å². The van der Waals surface area contributed by atoms with Crippen molar-refractivity contribution < 1.29 is 14.6 Å². The lowest BCUT2D eigenvalue weighted by Crippen LogP contribution is -2.73. The lowest BCUT2D eigenvalue weighted by atomic mass is 9.49. The average Bonchev–Trinajstić information content (AvgIpc) is 2.50. The van der Waals surface area contributed by atoms with Gasteiger partial charge in [-0.05, 0) is 44.5 Å². The molecular formula is C18H23NO3. The van der Waals surface area contributed by atoms with Crippen molar-refractivity contribution in [1.82, 2.24) is 4.90 Å². The summed E-state index contributed by atoms with van der Waals surface area (Å²) in [6, 6.07) is 6.03. The molecule has 3 aliphatic rings. The van der Waals surface area contributed by atoms with E-state index < -0.39 is 0 Å². The van der Waals surface area contributed by atoms with Gasteiger partial charge >= 0.3 is 0 Å². The van der Waals surface area contributed by atoms with Crippen molar-refractivity contribution in [2.45, 2.75) is 49.2 Å². The van der Waals surface area contributed by atoms with Gasteiger partial charge in [-0.1, -0.05) is 12.1 Å². The number of benzene rings is 1. The van der Waals surface area contributed by atoms with Crippen LogP contribution in [0.5, 0.6) is 5.75 Å². The van der Waals surface area contributed by atoms with E-state index in [4.69, 9.17) is 4.74 Å². The lowest BCUT2D eigenvalue weighted by Gasteiger charge is -2.64. The number of ether oxygens (including phenoxy) is 1. The van der Waals surface area contributed by atoms with Crippen LogP contribution in [0.15, 0.2) is 18.2 Å². The van der Waals surface area contributed by atoms with Crippen LogP contribution in [0.1, 0.15) is 36.8 Å². The van der Waals surface area contributed by atoms with E-state index in [-0.39, 0.29) is 17.1 Å². The predicted molar refractivity (Wildman–Crippen MR) is 83.1 cm³/mol. The standard InChI is InChI=1S/C18H23NO3/c1-19-9-8-17-11-13(20)6-7-18(17,22-2)15(19)10-12-4-3-5-14(21)16(12)17/h3-5,15,21H,6-11H2,1-2H3/t15-,17-,18-/m1/s1. The smallest absolute Gasteiger partial charge is 0.134 e. The Morgan fingerprint density at radius 2 is 2.18 bits per heavy atom. The van der Waals surface area contributed by atoms with Crippen molar-refractivity contribution >= 4 is 5.78 Å². The first kappa shape index (κ1) is 14.2. The average molecular weight is 301 g/mol. The summed E-state index contributed by atoms with van der Waals surface area (Å²) in [4.78, 5) is 14.7. The molecule has 2 aliphatic carbocycles. The minimum absolute atomic E-state index is 0.272. The van der Waals surface area contributed by atoms with Crippen molar-refractivity contribution in [3.05, 3.63) is 29.3 Å². The van der Waals surface area contributed by atoms with Crippen LogP contribution in [0.2, 0.25) is 0 Å². The van der Waals surface area contributed by atoms with Crippen LogP contribution in [0.25, 0.3) is 0 Å². The lowest BCUT2D eigenvalue weighted by molar-refractivity contribution is -0.183. The van der Waals surface area contributed by atoms with Crippen LogP contribution in [0, 0.1) is 0 Å². The van der Waals surface area contributed by atoms with Gasteiger partial charge in [-0.2, -0.15) is 0 Å². The highest BCUT2D eigenvalue weighted by molar-refractivity contribution is 5.83.